The summed E-state index contributed by atoms with van der Waals surface area (Å²) in [4.78, 5) is 27.6. The van der Waals surface area contributed by atoms with Crippen molar-refractivity contribution in [1.29, 1.82) is 0 Å². The Hall–Kier alpha value is -2.55. The van der Waals surface area contributed by atoms with Gasteiger partial charge in [0.15, 0.2) is 5.82 Å². The number of imidazole rings is 1. The molecule has 25 heavy (non-hydrogen) atoms. The molecule has 2 aromatic rings. The van der Waals surface area contributed by atoms with Crippen LogP contribution in [0.2, 0.25) is 0 Å². The van der Waals surface area contributed by atoms with Gasteiger partial charge < -0.3 is 19.1 Å². The summed E-state index contributed by atoms with van der Waals surface area (Å²) in [5.41, 5.74) is 0.924. The molecule has 0 aromatic carbocycles. The van der Waals surface area contributed by atoms with Crippen LogP contribution >= 0.6 is 0 Å². The molecule has 0 bridgehead atoms. The third kappa shape index (κ3) is 3.60. The molecule has 0 saturated heterocycles. The van der Waals surface area contributed by atoms with E-state index >= 15 is 0 Å². The van der Waals surface area contributed by atoms with Gasteiger partial charge >= 0.3 is 0 Å². The van der Waals surface area contributed by atoms with Crippen molar-refractivity contribution in [2.45, 2.75) is 26.1 Å². The van der Waals surface area contributed by atoms with Crippen molar-refractivity contribution in [3.63, 3.8) is 0 Å². The van der Waals surface area contributed by atoms with E-state index in [1.807, 2.05) is 11.8 Å². The number of ether oxygens (including phenoxy) is 1. The van der Waals surface area contributed by atoms with Crippen molar-refractivity contribution in [3.8, 4) is 0 Å². The standard InChI is InChI=1S/C16H21FN6O2/c1-11-15-18-8-13(9-25-10-14(24)21(2)3)23(15)5-4-22(11)16-19-6-12(17)7-20-16/h6-8,11H,4-5,9-10H2,1-3H3. The van der Waals surface area contributed by atoms with Gasteiger partial charge in [0.25, 0.3) is 0 Å². The van der Waals surface area contributed by atoms with Crippen LogP contribution in [-0.4, -0.2) is 57.6 Å². The summed E-state index contributed by atoms with van der Waals surface area (Å²) in [5, 5.41) is 0. The topological polar surface area (TPSA) is 76.4 Å². The highest BCUT2D eigenvalue weighted by Gasteiger charge is 2.28. The number of nitrogens with zero attached hydrogens (tertiary/aromatic N) is 6. The highest BCUT2D eigenvalue weighted by atomic mass is 19.1. The second-order valence-electron chi connectivity index (χ2n) is 6.11. The lowest BCUT2D eigenvalue weighted by Crippen LogP contribution is -2.38. The predicted molar refractivity (Wildman–Crippen MR) is 88.3 cm³/mol. The first-order chi connectivity index (χ1) is 12.0. The van der Waals surface area contributed by atoms with Gasteiger partial charge in [-0.05, 0) is 6.92 Å². The van der Waals surface area contributed by atoms with E-state index in [1.165, 1.54) is 4.90 Å². The van der Waals surface area contributed by atoms with Gasteiger partial charge in [0.2, 0.25) is 11.9 Å². The summed E-state index contributed by atoms with van der Waals surface area (Å²) in [6.45, 7) is 3.75. The molecule has 0 N–H and O–H groups in total. The van der Waals surface area contributed by atoms with E-state index in [0.717, 1.165) is 23.9 Å². The van der Waals surface area contributed by atoms with Crippen molar-refractivity contribution in [2.75, 3.05) is 32.1 Å². The Morgan fingerprint density at radius 2 is 2.00 bits per heavy atom. The third-order valence-electron chi connectivity index (χ3n) is 4.21. The Labute approximate surface area is 145 Å². The summed E-state index contributed by atoms with van der Waals surface area (Å²) >= 11 is 0. The van der Waals surface area contributed by atoms with Crippen molar-refractivity contribution in [1.82, 2.24) is 24.4 Å². The van der Waals surface area contributed by atoms with Crippen LogP contribution in [-0.2, 0) is 22.7 Å². The maximum atomic E-state index is 13.0. The van der Waals surface area contributed by atoms with Crippen LogP contribution in [0.3, 0.4) is 0 Å². The molecular formula is C16H21FN6O2. The van der Waals surface area contributed by atoms with E-state index < -0.39 is 5.82 Å². The van der Waals surface area contributed by atoms with Crippen molar-refractivity contribution in [3.05, 3.63) is 35.9 Å². The number of fused-ring (bicyclic) bond motifs is 1. The van der Waals surface area contributed by atoms with Gasteiger partial charge in [0, 0.05) is 27.2 Å². The minimum absolute atomic E-state index is 0.0403. The zero-order valence-corrected chi connectivity index (χ0v) is 14.5. The number of hydrogen-bond acceptors (Lipinski definition) is 6. The normalized spacial score (nSPS) is 16.6. The number of carbonyl (C=O) groups excluding carboxylic acids is 1. The SMILES string of the molecule is CC1c2ncc(COCC(=O)N(C)C)n2CCN1c1ncc(F)cn1. The molecule has 1 unspecified atom stereocenters. The molecular weight excluding hydrogens is 327 g/mol. The number of likely N-dealkylation sites (N-methyl/N-ethyl adjacent to an activating group) is 1. The molecule has 1 amide bonds. The van der Waals surface area contributed by atoms with E-state index in [2.05, 4.69) is 19.5 Å². The lowest BCUT2D eigenvalue weighted by atomic mass is 10.2. The fourth-order valence-corrected chi connectivity index (χ4v) is 2.77. The Morgan fingerprint density at radius 3 is 2.68 bits per heavy atom. The molecule has 134 valence electrons. The number of rotatable bonds is 5. The monoisotopic (exact) mass is 348 g/mol. The van der Waals surface area contributed by atoms with Crippen molar-refractivity contribution < 1.29 is 13.9 Å². The molecule has 3 heterocycles. The Morgan fingerprint density at radius 1 is 1.28 bits per heavy atom. The average Bonchev–Trinajstić information content (AvgIpc) is 3.00. The predicted octanol–water partition coefficient (Wildman–Crippen LogP) is 0.998. The smallest absolute Gasteiger partial charge is 0.248 e. The first-order valence-electron chi connectivity index (χ1n) is 8.03. The maximum Gasteiger partial charge on any atom is 0.248 e. The summed E-state index contributed by atoms with van der Waals surface area (Å²) in [7, 11) is 3.39. The Kier molecular flexibility index (Phi) is 4.93. The number of amides is 1. The Balaban J connectivity index is 1.69. The molecule has 0 radical (unpaired) electrons. The molecule has 9 heteroatoms. The lowest BCUT2D eigenvalue weighted by Gasteiger charge is -2.34. The molecule has 0 aliphatic carbocycles. The largest absolute Gasteiger partial charge is 0.365 e. The van der Waals surface area contributed by atoms with Gasteiger partial charge in [0.1, 0.15) is 12.4 Å². The molecule has 1 aliphatic rings. The average molecular weight is 348 g/mol. The summed E-state index contributed by atoms with van der Waals surface area (Å²) in [6.07, 6.45) is 4.09. The fraction of sp³-hybridized carbons (Fsp3) is 0.500. The number of hydrogen-bond donors (Lipinski definition) is 0. The molecule has 3 rings (SSSR count). The first-order valence-corrected chi connectivity index (χ1v) is 8.03. The quantitative estimate of drug-likeness (QED) is 0.802. The zero-order chi connectivity index (χ0) is 18.0. The van der Waals surface area contributed by atoms with Crippen LogP contribution in [0, 0.1) is 5.82 Å². The van der Waals surface area contributed by atoms with Crippen LogP contribution in [0.1, 0.15) is 24.5 Å². The van der Waals surface area contributed by atoms with Crippen molar-refractivity contribution in [2.24, 2.45) is 0 Å². The number of carbonyl (C=O) groups is 1. The highest BCUT2D eigenvalue weighted by Crippen LogP contribution is 2.28. The summed E-state index contributed by atoms with van der Waals surface area (Å²) < 4.78 is 20.6. The lowest BCUT2D eigenvalue weighted by molar-refractivity contribution is -0.134. The van der Waals surface area contributed by atoms with Gasteiger partial charge in [-0.25, -0.2) is 19.3 Å². The zero-order valence-electron chi connectivity index (χ0n) is 14.5. The van der Waals surface area contributed by atoms with Crippen LogP contribution in [0.25, 0.3) is 0 Å². The molecule has 1 atom stereocenters. The van der Waals surface area contributed by atoms with Gasteiger partial charge in [0.05, 0.1) is 36.9 Å². The van der Waals surface area contributed by atoms with Gasteiger partial charge in [-0.2, -0.15) is 0 Å². The molecule has 2 aromatic heterocycles. The van der Waals surface area contributed by atoms with Gasteiger partial charge in [-0.3, -0.25) is 4.79 Å². The third-order valence-corrected chi connectivity index (χ3v) is 4.21. The van der Waals surface area contributed by atoms with Crippen molar-refractivity contribution >= 4 is 11.9 Å². The van der Waals surface area contributed by atoms with Gasteiger partial charge in [-0.15, -0.1) is 0 Å². The van der Waals surface area contributed by atoms with E-state index in [9.17, 15) is 9.18 Å². The first kappa shape index (κ1) is 17.3. The fourth-order valence-electron chi connectivity index (χ4n) is 2.77. The van der Waals surface area contributed by atoms with Crippen LogP contribution < -0.4 is 4.90 Å². The molecule has 0 spiro atoms. The number of anilines is 1. The molecule has 0 fully saturated rings. The van der Waals surface area contributed by atoms with Crippen LogP contribution in [0.4, 0.5) is 10.3 Å². The van der Waals surface area contributed by atoms with E-state index in [4.69, 9.17) is 4.74 Å². The van der Waals surface area contributed by atoms with E-state index in [1.54, 1.807) is 20.3 Å². The second kappa shape index (κ2) is 7.14. The van der Waals surface area contributed by atoms with E-state index in [-0.39, 0.29) is 18.6 Å². The molecule has 8 nitrogen and oxygen atoms in total. The maximum absolute atomic E-state index is 13.0. The molecule has 1 aliphatic heterocycles. The number of aromatic nitrogens is 4. The molecule has 0 saturated carbocycles. The van der Waals surface area contributed by atoms with Crippen LogP contribution in [0.5, 0.6) is 0 Å². The minimum atomic E-state index is -0.457. The number of halogens is 1. The summed E-state index contributed by atoms with van der Waals surface area (Å²) in [6, 6.07) is -0.0450. The second-order valence-corrected chi connectivity index (χ2v) is 6.11. The minimum Gasteiger partial charge on any atom is -0.365 e. The summed E-state index contributed by atoms with van der Waals surface area (Å²) in [5.74, 6) is 0.822. The Bertz CT molecular complexity index is 746. The van der Waals surface area contributed by atoms with E-state index in [0.29, 0.717) is 25.6 Å². The van der Waals surface area contributed by atoms with Crippen LogP contribution in [0.15, 0.2) is 18.6 Å². The van der Waals surface area contributed by atoms with Gasteiger partial charge in [-0.1, -0.05) is 0 Å². The highest BCUT2D eigenvalue weighted by molar-refractivity contribution is 5.76.